The molecule has 2 amide bonds. The minimum absolute atomic E-state index is 0.228. The molecule has 142 valence electrons. The Kier molecular flexibility index (Phi) is 7.88. The molecule has 0 aromatic heterocycles. The number of amides is 2. The van der Waals surface area contributed by atoms with Crippen molar-refractivity contribution in [2.75, 3.05) is 19.7 Å². The molecule has 0 bridgehead atoms. The fraction of sp³-hybridized carbons (Fsp3) is 0.500. The first-order valence-corrected chi connectivity index (χ1v) is 8.66. The SMILES string of the molecule is CCOC(=O)C1OC1C(=O)NCCCCNC(=O)OCc1ccccc1. The first kappa shape index (κ1) is 19.7. The Bertz CT molecular complexity index is 607. The Balaban J connectivity index is 1.46. The Hall–Kier alpha value is -2.61. The van der Waals surface area contributed by atoms with Crippen molar-refractivity contribution < 1.29 is 28.6 Å². The number of benzene rings is 1. The summed E-state index contributed by atoms with van der Waals surface area (Å²) in [5, 5.41) is 5.34. The number of esters is 1. The number of ether oxygens (including phenoxy) is 3. The molecule has 2 atom stereocenters. The number of epoxide rings is 1. The topological polar surface area (TPSA) is 106 Å². The average Bonchev–Trinajstić information content (AvgIpc) is 3.45. The number of nitrogens with one attached hydrogen (secondary N) is 2. The van der Waals surface area contributed by atoms with Crippen molar-refractivity contribution in [1.29, 1.82) is 0 Å². The molecule has 1 aromatic rings. The van der Waals surface area contributed by atoms with E-state index in [0.29, 0.717) is 25.9 Å². The molecule has 8 nitrogen and oxygen atoms in total. The van der Waals surface area contributed by atoms with E-state index in [9.17, 15) is 14.4 Å². The highest BCUT2D eigenvalue weighted by Gasteiger charge is 2.51. The van der Waals surface area contributed by atoms with Crippen molar-refractivity contribution in [2.24, 2.45) is 0 Å². The van der Waals surface area contributed by atoms with E-state index in [1.54, 1.807) is 6.92 Å². The molecule has 1 saturated heterocycles. The van der Waals surface area contributed by atoms with Crippen molar-refractivity contribution in [3.8, 4) is 0 Å². The van der Waals surface area contributed by atoms with E-state index in [4.69, 9.17) is 14.2 Å². The molecular weight excluding hydrogens is 340 g/mol. The van der Waals surface area contributed by atoms with Gasteiger partial charge in [0, 0.05) is 13.1 Å². The molecule has 0 aliphatic carbocycles. The zero-order valence-corrected chi connectivity index (χ0v) is 14.7. The Morgan fingerprint density at radius 3 is 2.38 bits per heavy atom. The van der Waals surface area contributed by atoms with Crippen LogP contribution < -0.4 is 10.6 Å². The summed E-state index contributed by atoms with van der Waals surface area (Å²) in [4.78, 5) is 34.7. The highest BCUT2D eigenvalue weighted by Crippen LogP contribution is 2.23. The highest BCUT2D eigenvalue weighted by atomic mass is 16.6. The van der Waals surface area contributed by atoms with Crippen LogP contribution in [0.15, 0.2) is 30.3 Å². The maximum Gasteiger partial charge on any atom is 0.407 e. The van der Waals surface area contributed by atoms with Gasteiger partial charge in [-0.1, -0.05) is 30.3 Å². The lowest BCUT2D eigenvalue weighted by molar-refractivity contribution is -0.144. The minimum atomic E-state index is -0.781. The van der Waals surface area contributed by atoms with Crippen molar-refractivity contribution in [2.45, 2.75) is 38.6 Å². The van der Waals surface area contributed by atoms with Crippen molar-refractivity contribution >= 4 is 18.0 Å². The second kappa shape index (κ2) is 10.4. The van der Waals surface area contributed by atoms with Crippen molar-refractivity contribution in [1.82, 2.24) is 10.6 Å². The van der Waals surface area contributed by atoms with E-state index in [1.165, 1.54) is 0 Å². The van der Waals surface area contributed by atoms with Gasteiger partial charge in [0.05, 0.1) is 6.61 Å². The van der Waals surface area contributed by atoms with Crippen LogP contribution in [0, 0.1) is 0 Å². The summed E-state index contributed by atoms with van der Waals surface area (Å²) < 4.78 is 14.9. The van der Waals surface area contributed by atoms with Crippen LogP contribution in [0.25, 0.3) is 0 Å². The lowest BCUT2D eigenvalue weighted by atomic mass is 10.2. The number of rotatable bonds is 10. The lowest BCUT2D eigenvalue weighted by Crippen LogP contribution is -2.32. The van der Waals surface area contributed by atoms with E-state index in [0.717, 1.165) is 5.56 Å². The van der Waals surface area contributed by atoms with Gasteiger partial charge in [0.2, 0.25) is 0 Å². The van der Waals surface area contributed by atoms with E-state index in [2.05, 4.69) is 10.6 Å². The zero-order chi connectivity index (χ0) is 18.8. The number of hydrogen-bond acceptors (Lipinski definition) is 6. The van der Waals surface area contributed by atoms with E-state index < -0.39 is 24.3 Å². The van der Waals surface area contributed by atoms with Crippen LogP contribution in [0.4, 0.5) is 4.79 Å². The molecule has 0 spiro atoms. The van der Waals surface area contributed by atoms with Gasteiger partial charge in [0.1, 0.15) is 6.61 Å². The van der Waals surface area contributed by atoms with Gasteiger partial charge in [-0.2, -0.15) is 0 Å². The number of hydrogen-bond donors (Lipinski definition) is 2. The average molecular weight is 364 g/mol. The smallest absolute Gasteiger partial charge is 0.407 e. The van der Waals surface area contributed by atoms with Crippen LogP contribution in [0.5, 0.6) is 0 Å². The molecule has 8 heteroatoms. The summed E-state index contributed by atoms with van der Waals surface area (Å²) in [5.41, 5.74) is 0.925. The molecule has 1 fully saturated rings. The number of unbranched alkanes of at least 4 members (excludes halogenated alkanes) is 1. The van der Waals surface area contributed by atoms with E-state index >= 15 is 0 Å². The van der Waals surface area contributed by atoms with Gasteiger partial charge in [-0.25, -0.2) is 9.59 Å². The second-order valence-electron chi connectivity index (χ2n) is 5.72. The molecule has 1 aliphatic rings. The molecule has 1 aliphatic heterocycles. The van der Waals surface area contributed by atoms with Crippen molar-refractivity contribution in [3.05, 3.63) is 35.9 Å². The third kappa shape index (κ3) is 6.72. The quantitative estimate of drug-likeness (QED) is 0.366. The van der Waals surface area contributed by atoms with Crippen LogP contribution in [0.2, 0.25) is 0 Å². The number of alkyl carbamates (subject to hydrolysis) is 1. The van der Waals surface area contributed by atoms with Crippen LogP contribution >= 0.6 is 0 Å². The molecule has 1 heterocycles. The first-order chi connectivity index (χ1) is 12.6. The summed E-state index contributed by atoms with van der Waals surface area (Å²) in [7, 11) is 0. The largest absolute Gasteiger partial charge is 0.464 e. The third-order valence-electron chi connectivity index (χ3n) is 3.65. The van der Waals surface area contributed by atoms with Crippen molar-refractivity contribution in [3.63, 3.8) is 0 Å². The molecule has 26 heavy (non-hydrogen) atoms. The molecule has 2 N–H and O–H groups in total. The molecule has 2 unspecified atom stereocenters. The molecule has 2 rings (SSSR count). The van der Waals surface area contributed by atoms with Gasteiger partial charge in [-0.05, 0) is 25.3 Å². The maximum atomic E-state index is 11.8. The monoisotopic (exact) mass is 364 g/mol. The number of carbonyl (C=O) groups is 3. The predicted octanol–water partition coefficient (Wildman–Crippen LogP) is 1.14. The Labute approximate surface area is 152 Å². The molecule has 0 saturated carbocycles. The fourth-order valence-electron chi connectivity index (χ4n) is 2.24. The summed E-state index contributed by atoms with van der Waals surface area (Å²) in [5.74, 6) is -0.829. The first-order valence-electron chi connectivity index (χ1n) is 8.66. The van der Waals surface area contributed by atoms with Gasteiger partial charge in [-0.15, -0.1) is 0 Å². The Morgan fingerprint density at radius 1 is 1.00 bits per heavy atom. The van der Waals surface area contributed by atoms with Gasteiger partial charge in [0.25, 0.3) is 5.91 Å². The maximum absolute atomic E-state index is 11.8. The van der Waals surface area contributed by atoms with E-state index in [1.807, 2.05) is 30.3 Å². The van der Waals surface area contributed by atoms with E-state index in [-0.39, 0.29) is 19.1 Å². The highest BCUT2D eigenvalue weighted by molar-refractivity contribution is 5.92. The zero-order valence-electron chi connectivity index (χ0n) is 14.7. The van der Waals surface area contributed by atoms with Gasteiger partial charge < -0.3 is 24.8 Å². The minimum Gasteiger partial charge on any atom is -0.464 e. The summed E-state index contributed by atoms with van der Waals surface area (Å²) >= 11 is 0. The summed E-state index contributed by atoms with van der Waals surface area (Å²) in [6, 6.07) is 9.42. The predicted molar refractivity (Wildman–Crippen MR) is 92.2 cm³/mol. The molecule has 1 aromatic carbocycles. The summed E-state index contributed by atoms with van der Waals surface area (Å²) in [6.45, 7) is 3.07. The van der Waals surface area contributed by atoms with Gasteiger partial charge >= 0.3 is 12.1 Å². The van der Waals surface area contributed by atoms with Gasteiger partial charge in [0.15, 0.2) is 12.2 Å². The van der Waals surface area contributed by atoms with Crippen LogP contribution in [0.1, 0.15) is 25.3 Å². The van der Waals surface area contributed by atoms with Crippen LogP contribution in [0.3, 0.4) is 0 Å². The second-order valence-corrected chi connectivity index (χ2v) is 5.72. The lowest BCUT2D eigenvalue weighted by Gasteiger charge is -2.07. The third-order valence-corrected chi connectivity index (χ3v) is 3.65. The van der Waals surface area contributed by atoms with Crippen LogP contribution in [-0.2, 0) is 30.4 Å². The Morgan fingerprint density at radius 2 is 1.69 bits per heavy atom. The van der Waals surface area contributed by atoms with Gasteiger partial charge in [-0.3, -0.25) is 4.79 Å². The fourth-order valence-corrected chi connectivity index (χ4v) is 2.24. The van der Waals surface area contributed by atoms with Crippen LogP contribution in [-0.4, -0.2) is 49.9 Å². The standard InChI is InChI=1S/C18H24N2O6/c1-2-24-17(22)15-14(26-15)16(21)19-10-6-7-11-20-18(23)25-12-13-8-4-3-5-9-13/h3-5,8-9,14-15H,2,6-7,10-12H2,1H3,(H,19,21)(H,20,23). The molecule has 0 radical (unpaired) electrons. The number of carbonyl (C=O) groups excluding carboxylic acids is 3. The normalized spacial score (nSPS) is 17.9. The summed E-state index contributed by atoms with van der Waals surface area (Å²) in [6.07, 6.45) is -0.632. The molecular formula is C18H24N2O6.